The number of nitro groups is 1. The number of non-ortho nitro benzene ring substituents is 1. The topological polar surface area (TPSA) is 126 Å². The van der Waals surface area contributed by atoms with Crippen molar-refractivity contribution in [1.82, 2.24) is 9.88 Å². The quantitative estimate of drug-likeness (QED) is 0.111. The number of fused-ring (bicyclic) bond motifs is 1. The summed E-state index contributed by atoms with van der Waals surface area (Å²) in [5, 5.41) is 23.5. The summed E-state index contributed by atoms with van der Waals surface area (Å²) in [5.41, 5.74) is 2.61. The van der Waals surface area contributed by atoms with E-state index in [9.17, 15) is 24.8 Å². The summed E-state index contributed by atoms with van der Waals surface area (Å²) in [5.74, 6) is -1.25. The first-order valence-corrected chi connectivity index (χ1v) is 12.2. The molecule has 0 bridgehead atoms. The summed E-state index contributed by atoms with van der Waals surface area (Å²) in [6.45, 7) is 2.54. The molecule has 0 radical (unpaired) electrons. The second-order valence-corrected chi connectivity index (χ2v) is 8.91. The molecule has 2 heterocycles. The molecular weight excluding hydrogens is 486 g/mol. The van der Waals surface area contributed by atoms with Gasteiger partial charge in [0.1, 0.15) is 11.5 Å². The van der Waals surface area contributed by atoms with Crippen LogP contribution in [0.4, 0.5) is 5.69 Å². The fraction of sp³-hybridized carbons (Fsp3) is 0.172. The number of carbonyl (C=O) groups is 2. The minimum Gasteiger partial charge on any atom is -0.507 e. The van der Waals surface area contributed by atoms with Gasteiger partial charge in [0.15, 0.2) is 0 Å². The van der Waals surface area contributed by atoms with E-state index in [2.05, 4.69) is 4.98 Å². The fourth-order valence-corrected chi connectivity index (χ4v) is 4.85. The van der Waals surface area contributed by atoms with E-state index in [0.29, 0.717) is 29.9 Å². The van der Waals surface area contributed by atoms with Crippen molar-refractivity contribution in [2.24, 2.45) is 0 Å². The normalized spacial score (nSPS) is 16.8. The lowest BCUT2D eigenvalue weighted by molar-refractivity contribution is -0.384. The van der Waals surface area contributed by atoms with E-state index < -0.39 is 22.7 Å². The van der Waals surface area contributed by atoms with Gasteiger partial charge in [-0.05, 0) is 66.9 Å². The monoisotopic (exact) mass is 511 g/mol. The summed E-state index contributed by atoms with van der Waals surface area (Å²) in [6, 6.07) is 19.1. The Labute approximate surface area is 218 Å². The number of nitrogens with zero attached hydrogens (tertiary/aromatic N) is 2. The van der Waals surface area contributed by atoms with Crippen LogP contribution in [0.25, 0.3) is 16.7 Å². The van der Waals surface area contributed by atoms with E-state index in [-0.39, 0.29) is 23.6 Å². The average Bonchev–Trinajstić information content (AvgIpc) is 3.46. The number of rotatable bonds is 8. The summed E-state index contributed by atoms with van der Waals surface area (Å²) in [6.07, 6.45) is 2.34. The first kappa shape index (κ1) is 24.8. The van der Waals surface area contributed by atoms with Gasteiger partial charge in [-0.3, -0.25) is 19.7 Å². The largest absolute Gasteiger partial charge is 0.507 e. The number of carbonyl (C=O) groups excluding carboxylic acids is 2. The number of benzene rings is 3. The van der Waals surface area contributed by atoms with E-state index in [1.165, 1.54) is 29.2 Å². The molecule has 0 spiro atoms. The van der Waals surface area contributed by atoms with E-state index in [4.69, 9.17) is 4.74 Å². The van der Waals surface area contributed by atoms with Crippen molar-refractivity contribution in [3.05, 3.63) is 111 Å². The number of ketones is 1. The maximum Gasteiger partial charge on any atom is 0.295 e. The number of hydrogen-bond acceptors (Lipinski definition) is 6. The predicted molar refractivity (Wildman–Crippen MR) is 142 cm³/mol. The number of aliphatic hydroxyl groups is 1. The molecule has 1 fully saturated rings. The number of likely N-dealkylation sites (tertiary alicyclic amines) is 1. The molecule has 0 saturated carbocycles. The predicted octanol–water partition coefficient (Wildman–Crippen LogP) is 5.14. The zero-order valence-electron chi connectivity index (χ0n) is 20.6. The van der Waals surface area contributed by atoms with Crippen molar-refractivity contribution in [2.75, 3.05) is 13.2 Å². The van der Waals surface area contributed by atoms with Crippen molar-refractivity contribution < 1.29 is 24.4 Å². The van der Waals surface area contributed by atoms with Crippen molar-refractivity contribution in [3.8, 4) is 5.75 Å². The standard InChI is InChI=1S/C29H25N3O6/c1-2-38-22-13-9-19(10-14-22)27(33)25-26(18-7-11-21(12-8-18)32(36)37)31(29(35)28(25)34)16-15-20-17-30-24-6-4-3-5-23(20)24/h3-14,17,26,30,33H,2,15-16H2,1H3/t26-/m1/s1. The first-order chi connectivity index (χ1) is 18.4. The molecule has 38 heavy (non-hydrogen) atoms. The van der Waals surface area contributed by atoms with Gasteiger partial charge in [-0.25, -0.2) is 0 Å². The highest BCUT2D eigenvalue weighted by molar-refractivity contribution is 6.46. The van der Waals surface area contributed by atoms with Gasteiger partial charge in [0.05, 0.1) is 23.1 Å². The minimum atomic E-state index is -0.910. The Kier molecular flexibility index (Phi) is 6.66. The number of aliphatic hydroxyl groups excluding tert-OH is 1. The third-order valence-electron chi connectivity index (χ3n) is 6.70. The van der Waals surface area contributed by atoms with Crippen molar-refractivity contribution in [3.63, 3.8) is 0 Å². The summed E-state index contributed by atoms with van der Waals surface area (Å²) in [7, 11) is 0. The molecule has 9 heteroatoms. The Morgan fingerprint density at radius 1 is 1.05 bits per heavy atom. The highest BCUT2D eigenvalue weighted by atomic mass is 16.6. The third-order valence-corrected chi connectivity index (χ3v) is 6.70. The van der Waals surface area contributed by atoms with Gasteiger partial charge >= 0.3 is 0 Å². The van der Waals surface area contributed by atoms with E-state index in [1.54, 1.807) is 24.3 Å². The highest BCUT2D eigenvalue weighted by Gasteiger charge is 2.46. The number of para-hydroxylation sites is 1. The lowest BCUT2D eigenvalue weighted by Crippen LogP contribution is -2.31. The lowest BCUT2D eigenvalue weighted by atomic mass is 9.95. The molecule has 0 unspecified atom stereocenters. The van der Waals surface area contributed by atoms with Crippen LogP contribution in [0, 0.1) is 10.1 Å². The maximum absolute atomic E-state index is 13.3. The van der Waals surface area contributed by atoms with Crippen LogP contribution >= 0.6 is 0 Å². The highest BCUT2D eigenvalue weighted by Crippen LogP contribution is 2.40. The van der Waals surface area contributed by atoms with E-state index in [1.807, 2.05) is 37.4 Å². The number of ether oxygens (including phenoxy) is 1. The number of H-pyrrole nitrogens is 1. The Morgan fingerprint density at radius 3 is 2.45 bits per heavy atom. The summed E-state index contributed by atoms with van der Waals surface area (Å²) < 4.78 is 5.46. The smallest absolute Gasteiger partial charge is 0.295 e. The summed E-state index contributed by atoms with van der Waals surface area (Å²) in [4.78, 5) is 41.9. The molecule has 192 valence electrons. The zero-order valence-corrected chi connectivity index (χ0v) is 20.6. The van der Waals surface area contributed by atoms with Gasteiger partial charge in [-0.1, -0.05) is 18.2 Å². The van der Waals surface area contributed by atoms with Crippen LogP contribution in [-0.2, 0) is 16.0 Å². The van der Waals surface area contributed by atoms with Gasteiger partial charge in [0.25, 0.3) is 17.4 Å². The Hall–Kier alpha value is -4.92. The minimum absolute atomic E-state index is 0.0630. The van der Waals surface area contributed by atoms with Gasteiger partial charge < -0.3 is 19.7 Å². The van der Waals surface area contributed by atoms with Crippen LogP contribution in [0.2, 0.25) is 0 Å². The van der Waals surface area contributed by atoms with E-state index in [0.717, 1.165) is 16.5 Å². The Balaban J connectivity index is 1.55. The van der Waals surface area contributed by atoms with Crippen molar-refractivity contribution in [2.45, 2.75) is 19.4 Å². The summed E-state index contributed by atoms with van der Waals surface area (Å²) >= 11 is 0. The van der Waals surface area contributed by atoms with Gasteiger partial charge in [0.2, 0.25) is 0 Å². The van der Waals surface area contributed by atoms with Crippen LogP contribution in [0.15, 0.2) is 84.6 Å². The molecule has 2 N–H and O–H groups in total. The molecular formula is C29H25N3O6. The van der Waals surface area contributed by atoms with Crippen LogP contribution in [-0.4, -0.2) is 44.8 Å². The van der Waals surface area contributed by atoms with Crippen LogP contribution in [0.3, 0.4) is 0 Å². The van der Waals surface area contributed by atoms with Crippen LogP contribution in [0.1, 0.15) is 29.7 Å². The first-order valence-electron chi connectivity index (χ1n) is 12.2. The van der Waals surface area contributed by atoms with Gasteiger partial charge in [-0.2, -0.15) is 0 Å². The SMILES string of the molecule is CCOc1ccc(C(O)=C2C(=O)C(=O)N(CCc3c[nH]c4ccccc34)[C@@H]2c2ccc([N+](=O)[O-])cc2)cc1. The van der Waals surface area contributed by atoms with Crippen LogP contribution < -0.4 is 4.74 Å². The lowest BCUT2D eigenvalue weighted by Gasteiger charge is -2.25. The molecule has 5 rings (SSSR count). The Morgan fingerprint density at radius 2 is 1.76 bits per heavy atom. The molecule has 4 aromatic rings. The van der Waals surface area contributed by atoms with Crippen molar-refractivity contribution in [1.29, 1.82) is 0 Å². The molecule has 1 aliphatic rings. The second-order valence-electron chi connectivity index (χ2n) is 8.91. The van der Waals surface area contributed by atoms with Gasteiger partial charge in [-0.15, -0.1) is 0 Å². The number of aromatic nitrogens is 1. The molecule has 1 amide bonds. The molecule has 9 nitrogen and oxygen atoms in total. The third kappa shape index (κ3) is 4.50. The molecule has 1 atom stereocenters. The zero-order chi connectivity index (χ0) is 26.8. The molecule has 1 aliphatic heterocycles. The van der Waals surface area contributed by atoms with Gasteiger partial charge in [0, 0.05) is 41.3 Å². The number of nitro benzene ring substituents is 1. The average molecular weight is 512 g/mol. The molecule has 0 aliphatic carbocycles. The van der Waals surface area contributed by atoms with Crippen molar-refractivity contribution >= 4 is 34.0 Å². The molecule has 1 aromatic heterocycles. The van der Waals surface area contributed by atoms with E-state index >= 15 is 0 Å². The maximum atomic E-state index is 13.3. The molecule has 1 saturated heterocycles. The number of hydrogen-bond donors (Lipinski definition) is 2. The molecule has 3 aromatic carbocycles. The number of Topliss-reactive ketones (excluding diaryl/α,β-unsaturated/α-hetero) is 1. The fourth-order valence-electron chi connectivity index (χ4n) is 4.85. The number of aromatic amines is 1. The number of amides is 1. The Bertz CT molecular complexity index is 1550. The second kappa shape index (κ2) is 10.2. The van der Waals surface area contributed by atoms with Crippen LogP contribution in [0.5, 0.6) is 5.75 Å². The number of nitrogens with one attached hydrogen (secondary N) is 1.